The number of carbonyl (C=O) groups is 1. The number of pyridine rings is 1. The molecule has 0 fully saturated rings. The van der Waals surface area contributed by atoms with Crippen molar-refractivity contribution in [1.82, 2.24) is 4.98 Å². The number of hydrogen-bond donors (Lipinski definition) is 0. The van der Waals surface area contributed by atoms with Crippen LogP contribution in [0.2, 0.25) is 0 Å². The van der Waals surface area contributed by atoms with Crippen LogP contribution in [0.5, 0.6) is 0 Å². The van der Waals surface area contributed by atoms with E-state index in [9.17, 15) is 9.90 Å². The third kappa shape index (κ3) is 4.58. The first-order chi connectivity index (χ1) is 4.30. The molecule has 0 saturated heterocycles. The molecule has 0 saturated carbocycles. The zero-order chi connectivity index (χ0) is 6.69. The van der Waals surface area contributed by atoms with Crippen LogP contribution in [0.25, 0.3) is 0 Å². The van der Waals surface area contributed by atoms with Crippen molar-refractivity contribution in [2.24, 2.45) is 0 Å². The molecule has 54 valence electrons. The van der Waals surface area contributed by atoms with E-state index in [0.29, 0.717) is 0 Å². The molecule has 0 radical (unpaired) electrons. The number of carboxylic acids is 1. The Hall–Kier alpha value is 0.170. The maximum Gasteiger partial charge on any atom is 2.00 e. The maximum atomic E-state index is 10.0. The Morgan fingerprint density at radius 2 is 2.18 bits per heavy atom. The van der Waals surface area contributed by atoms with Gasteiger partial charge < -0.3 is 22.3 Å². The molecule has 0 bridgehead atoms. The van der Waals surface area contributed by atoms with E-state index in [0.717, 1.165) is 0 Å². The molecule has 0 aliphatic carbocycles. The number of carbonyl (C=O) groups excluding carboxylic acids is 1. The first kappa shape index (κ1) is 13.7. The van der Waals surface area contributed by atoms with Crippen LogP contribution in [0.15, 0.2) is 24.5 Å². The number of aromatic nitrogens is 1. The molecule has 0 aromatic carbocycles. The topological polar surface area (TPSA) is 53.0 Å². The van der Waals surface area contributed by atoms with E-state index < -0.39 is 5.97 Å². The van der Waals surface area contributed by atoms with E-state index in [2.05, 4.69) is 4.98 Å². The number of halogens is 1. The van der Waals surface area contributed by atoms with Gasteiger partial charge >= 0.3 is 37.7 Å². The normalized spacial score (nSPS) is 7.27. The maximum absolute atomic E-state index is 10.0. The van der Waals surface area contributed by atoms with Crippen LogP contribution in [-0.2, 0) is 0 Å². The first-order valence-electron chi connectivity index (χ1n) is 2.42. The van der Waals surface area contributed by atoms with Crippen molar-refractivity contribution in [2.75, 3.05) is 0 Å². The quantitative estimate of drug-likeness (QED) is 0.432. The average molecular weight is 198 g/mol. The summed E-state index contributed by atoms with van der Waals surface area (Å²) in [5.41, 5.74) is 0.109. The van der Waals surface area contributed by atoms with Crippen LogP contribution in [0.4, 0.5) is 0 Å². The molecule has 1 aromatic heterocycles. The van der Waals surface area contributed by atoms with Crippen LogP contribution < -0.4 is 17.5 Å². The monoisotopic (exact) mass is 197 g/mol. The Morgan fingerprint density at radius 1 is 1.55 bits per heavy atom. The predicted octanol–water partition coefficient (Wildman–Crippen LogP) is -3.93. The van der Waals surface area contributed by atoms with Crippen LogP contribution >= 0.6 is 0 Å². The largest absolute Gasteiger partial charge is 2.00 e. The van der Waals surface area contributed by atoms with Gasteiger partial charge in [-0.3, -0.25) is 4.98 Å². The first-order valence-corrected chi connectivity index (χ1v) is 2.42. The second kappa shape index (κ2) is 6.85. The van der Waals surface area contributed by atoms with Gasteiger partial charge in [0, 0.05) is 18.0 Å². The number of hydrogen-bond acceptors (Lipinski definition) is 3. The van der Waals surface area contributed by atoms with Crippen LogP contribution in [0.1, 0.15) is 10.4 Å². The summed E-state index contributed by atoms with van der Waals surface area (Å²) >= 11 is 0. The summed E-state index contributed by atoms with van der Waals surface area (Å²) < 4.78 is 0. The Labute approximate surface area is 100 Å². The van der Waals surface area contributed by atoms with Crippen molar-refractivity contribution in [3.05, 3.63) is 30.1 Å². The summed E-state index contributed by atoms with van der Waals surface area (Å²) in [6.45, 7) is 0. The second-order valence-electron chi connectivity index (χ2n) is 1.53. The van der Waals surface area contributed by atoms with Gasteiger partial charge in [0.1, 0.15) is 0 Å². The Morgan fingerprint density at radius 3 is 2.45 bits per heavy atom. The van der Waals surface area contributed by atoms with Crippen LogP contribution in [0.3, 0.4) is 0 Å². The molecule has 0 amide bonds. The van der Waals surface area contributed by atoms with E-state index in [1.54, 1.807) is 6.07 Å². The van der Waals surface area contributed by atoms with Gasteiger partial charge in [-0.1, -0.05) is 6.07 Å². The van der Waals surface area contributed by atoms with Crippen molar-refractivity contribution >= 4 is 43.7 Å². The fourth-order valence-corrected chi connectivity index (χ4v) is 0.484. The summed E-state index contributed by atoms with van der Waals surface area (Å²) in [4.78, 5) is 13.6. The molecule has 0 unspecified atom stereocenters. The molecular formula is C6H4CaClNO2. The Kier molecular flexibility index (Phi) is 8.56. The summed E-state index contributed by atoms with van der Waals surface area (Å²) in [7, 11) is 0. The smallest absolute Gasteiger partial charge is 1.00 e. The van der Waals surface area contributed by atoms with E-state index in [1.807, 2.05) is 0 Å². The molecule has 0 spiro atoms. The molecule has 1 heterocycles. The van der Waals surface area contributed by atoms with E-state index in [-0.39, 0.29) is 55.7 Å². The van der Waals surface area contributed by atoms with Gasteiger partial charge in [-0.25, -0.2) is 0 Å². The molecular weight excluding hydrogens is 194 g/mol. The predicted molar refractivity (Wildman–Crippen MR) is 34.3 cm³/mol. The molecule has 1 aromatic rings. The number of carboxylic acid groups (broad SMARTS) is 1. The fraction of sp³-hybridized carbons (Fsp3) is 0. The molecule has 11 heavy (non-hydrogen) atoms. The van der Waals surface area contributed by atoms with Crippen molar-refractivity contribution < 1.29 is 22.3 Å². The van der Waals surface area contributed by atoms with Gasteiger partial charge in [-0.15, -0.1) is 0 Å². The van der Waals surface area contributed by atoms with E-state index >= 15 is 0 Å². The van der Waals surface area contributed by atoms with E-state index in [4.69, 9.17) is 0 Å². The standard InChI is InChI=1S/C6H5NO2.Ca.ClH/c8-6(9)5-2-1-3-7-4-5;;/h1-4H,(H,8,9);;1H/q;+2;/p-2. The van der Waals surface area contributed by atoms with Gasteiger partial charge in [0.25, 0.3) is 0 Å². The van der Waals surface area contributed by atoms with Gasteiger partial charge in [0.05, 0.1) is 5.97 Å². The SMILES string of the molecule is O=C([O-])c1cccnc1.[Ca+2].[Cl-]. The molecule has 5 heteroatoms. The molecule has 0 atom stereocenters. The Bertz CT molecular complexity index is 217. The summed E-state index contributed by atoms with van der Waals surface area (Å²) in [5.74, 6) is -1.19. The second-order valence-corrected chi connectivity index (χ2v) is 1.53. The number of rotatable bonds is 1. The summed E-state index contributed by atoms with van der Waals surface area (Å²) in [6, 6.07) is 2.98. The van der Waals surface area contributed by atoms with Gasteiger partial charge in [-0.2, -0.15) is 0 Å². The third-order valence-electron chi connectivity index (χ3n) is 0.897. The molecule has 3 nitrogen and oxygen atoms in total. The van der Waals surface area contributed by atoms with E-state index in [1.165, 1.54) is 18.5 Å². The van der Waals surface area contributed by atoms with Gasteiger partial charge in [-0.05, 0) is 6.07 Å². The van der Waals surface area contributed by atoms with Crippen molar-refractivity contribution in [2.45, 2.75) is 0 Å². The molecule has 0 aliphatic heterocycles. The van der Waals surface area contributed by atoms with Crippen molar-refractivity contribution in [3.8, 4) is 0 Å². The molecule has 0 aliphatic rings. The number of aromatic carboxylic acids is 1. The van der Waals surface area contributed by atoms with Gasteiger partial charge in [0.2, 0.25) is 0 Å². The number of nitrogens with zero attached hydrogens (tertiary/aromatic N) is 1. The molecule has 0 N–H and O–H groups in total. The van der Waals surface area contributed by atoms with Crippen molar-refractivity contribution in [3.63, 3.8) is 0 Å². The summed E-state index contributed by atoms with van der Waals surface area (Å²) in [6.07, 6.45) is 2.75. The zero-order valence-corrected chi connectivity index (χ0v) is 8.62. The van der Waals surface area contributed by atoms with Crippen molar-refractivity contribution in [1.29, 1.82) is 0 Å². The minimum atomic E-state index is -1.19. The third-order valence-corrected chi connectivity index (χ3v) is 0.897. The molecule has 1 rings (SSSR count). The minimum absolute atomic E-state index is 0. The average Bonchev–Trinajstić information content (AvgIpc) is 1.90. The minimum Gasteiger partial charge on any atom is -1.00 e. The summed E-state index contributed by atoms with van der Waals surface area (Å²) in [5, 5.41) is 10.0. The fourth-order valence-electron chi connectivity index (χ4n) is 0.484. The zero-order valence-electron chi connectivity index (χ0n) is 5.66. The van der Waals surface area contributed by atoms with Crippen LogP contribution in [0, 0.1) is 0 Å². The van der Waals surface area contributed by atoms with Crippen LogP contribution in [-0.4, -0.2) is 48.7 Å². The van der Waals surface area contributed by atoms with Gasteiger partial charge in [0.15, 0.2) is 0 Å². The Balaban J connectivity index is 0.